The Morgan fingerprint density at radius 1 is 1.03 bits per heavy atom. The van der Waals surface area contributed by atoms with Crippen LogP contribution in [-0.4, -0.2) is 48.3 Å². The number of aryl methyl sites for hydroxylation is 1. The van der Waals surface area contributed by atoms with Crippen molar-refractivity contribution in [3.05, 3.63) is 64.4 Å². The predicted molar refractivity (Wildman–Crippen MR) is 136 cm³/mol. The van der Waals surface area contributed by atoms with Crippen LogP contribution in [0.3, 0.4) is 0 Å². The SMILES string of the molecule is Cc1ccc(-n2c(=O)c3ccccc3n3c(SC(C)C(=O)N4CC(C)CC(C)C4)nnc23)cc1. The molecular formula is C26H29N5O2S. The number of carbonyl (C=O) groups excluding carboxylic acids is 1. The lowest BCUT2D eigenvalue weighted by Gasteiger charge is -2.36. The Kier molecular flexibility index (Phi) is 5.93. The molecule has 8 heteroatoms. The second-order valence-corrected chi connectivity index (χ2v) is 10.9. The van der Waals surface area contributed by atoms with E-state index in [1.54, 1.807) is 4.57 Å². The number of likely N-dealkylation sites (tertiary alicyclic amines) is 1. The Balaban J connectivity index is 1.59. The Morgan fingerprint density at radius 3 is 2.41 bits per heavy atom. The highest BCUT2D eigenvalue weighted by Gasteiger charge is 2.30. The summed E-state index contributed by atoms with van der Waals surface area (Å²) in [6.07, 6.45) is 1.16. The van der Waals surface area contributed by atoms with Crippen molar-refractivity contribution in [3.8, 4) is 5.69 Å². The molecule has 0 bridgehead atoms. The van der Waals surface area contributed by atoms with Gasteiger partial charge in [-0.05, 0) is 56.4 Å². The van der Waals surface area contributed by atoms with Gasteiger partial charge in [0.05, 0.1) is 21.8 Å². The molecule has 5 rings (SSSR count). The van der Waals surface area contributed by atoms with Crippen LogP contribution in [0.1, 0.15) is 32.8 Å². The number of rotatable bonds is 4. The first kappa shape index (κ1) is 22.7. The number of fused-ring (bicyclic) bond motifs is 3. The monoisotopic (exact) mass is 475 g/mol. The molecule has 1 fully saturated rings. The normalized spacial score (nSPS) is 19.6. The molecule has 3 unspecified atom stereocenters. The van der Waals surface area contributed by atoms with E-state index in [9.17, 15) is 9.59 Å². The number of nitrogens with zero attached hydrogens (tertiary/aromatic N) is 5. The average Bonchev–Trinajstić information content (AvgIpc) is 3.22. The maximum atomic E-state index is 13.4. The fourth-order valence-electron chi connectivity index (χ4n) is 4.99. The maximum absolute atomic E-state index is 13.4. The second kappa shape index (κ2) is 8.91. The third-order valence-corrected chi connectivity index (χ3v) is 7.53. The molecule has 1 aliphatic rings. The quantitative estimate of drug-likeness (QED) is 0.411. The van der Waals surface area contributed by atoms with E-state index < -0.39 is 0 Å². The van der Waals surface area contributed by atoms with Gasteiger partial charge in [0.1, 0.15) is 0 Å². The molecule has 34 heavy (non-hydrogen) atoms. The van der Waals surface area contributed by atoms with Crippen molar-refractivity contribution >= 4 is 34.3 Å². The molecule has 1 saturated heterocycles. The van der Waals surface area contributed by atoms with Gasteiger partial charge >= 0.3 is 0 Å². The zero-order valence-corrected chi connectivity index (χ0v) is 20.7. The first-order chi connectivity index (χ1) is 16.3. The molecule has 2 aromatic heterocycles. The van der Waals surface area contributed by atoms with E-state index in [0.29, 0.717) is 28.2 Å². The highest BCUT2D eigenvalue weighted by atomic mass is 32.2. The summed E-state index contributed by atoms with van der Waals surface area (Å²) in [5.74, 6) is 1.57. The van der Waals surface area contributed by atoms with E-state index in [0.717, 1.165) is 36.3 Å². The number of benzene rings is 2. The summed E-state index contributed by atoms with van der Waals surface area (Å²) in [4.78, 5) is 28.7. The summed E-state index contributed by atoms with van der Waals surface area (Å²) in [6.45, 7) is 9.94. The van der Waals surface area contributed by atoms with Crippen molar-refractivity contribution in [2.24, 2.45) is 11.8 Å². The van der Waals surface area contributed by atoms with E-state index >= 15 is 0 Å². The fourth-order valence-corrected chi connectivity index (χ4v) is 5.93. The van der Waals surface area contributed by atoms with Gasteiger partial charge in [0, 0.05) is 13.1 Å². The van der Waals surface area contributed by atoms with Gasteiger partial charge in [0.15, 0.2) is 5.16 Å². The lowest BCUT2D eigenvalue weighted by atomic mass is 9.92. The predicted octanol–water partition coefficient (Wildman–Crippen LogP) is 4.33. The molecule has 176 valence electrons. The molecule has 0 aliphatic carbocycles. The minimum atomic E-state index is -0.316. The van der Waals surface area contributed by atoms with Crippen molar-refractivity contribution in [2.45, 2.75) is 44.5 Å². The topological polar surface area (TPSA) is 72.5 Å². The van der Waals surface area contributed by atoms with Crippen LogP contribution in [0.25, 0.3) is 22.4 Å². The lowest BCUT2D eigenvalue weighted by Crippen LogP contribution is -2.45. The number of carbonyl (C=O) groups is 1. The molecule has 7 nitrogen and oxygen atoms in total. The van der Waals surface area contributed by atoms with Crippen LogP contribution in [0, 0.1) is 18.8 Å². The third kappa shape index (κ3) is 4.00. The largest absolute Gasteiger partial charge is 0.341 e. The van der Waals surface area contributed by atoms with E-state index in [1.165, 1.54) is 11.8 Å². The van der Waals surface area contributed by atoms with Gasteiger partial charge in [-0.25, -0.2) is 4.57 Å². The van der Waals surface area contributed by atoms with Gasteiger partial charge in [-0.15, -0.1) is 10.2 Å². The number of hydrogen-bond acceptors (Lipinski definition) is 5. The summed E-state index contributed by atoms with van der Waals surface area (Å²) in [7, 11) is 0. The standard InChI is InChI=1S/C26H29N5O2S/c1-16-9-11-20(12-10-16)30-24(33)21-7-5-6-8-22(21)31-25(30)27-28-26(31)34-19(4)23(32)29-14-17(2)13-18(3)15-29/h5-12,17-19H,13-15H2,1-4H3. The lowest BCUT2D eigenvalue weighted by molar-refractivity contribution is -0.132. The molecule has 3 atom stereocenters. The molecule has 0 spiro atoms. The van der Waals surface area contributed by atoms with Gasteiger partial charge in [0.25, 0.3) is 5.56 Å². The van der Waals surface area contributed by atoms with E-state index in [1.807, 2.05) is 71.7 Å². The summed E-state index contributed by atoms with van der Waals surface area (Å²) in [6, 6.07) is 15.3. The van der Waals surface area contributed by atoms with Crippen molar-refractivity contribution in [1.82, 2.24) is 24.1 Å². The van der Waals surface area contributed by atoms with Crippen LogP contribution in [0.15, 0.2) is 58.5 Å². The molecule has 1 aliphatic heterocycles. The first-order valence-corrected chi connectivity index (χ1v) is 12.6. The Labute approximate surface area is 202 Å². The molecule has 4 aromatic rings. The van der Waals surface area contributed by atoms with Crippen molar-refractivity contribution in [2.75, 3.05) is 13.1 Å². The van der Waals surface area contributed by atoms with Crippen LogP contribution in [0.5, 0.6) is 0 Å². The number of aromatic nitrogens is 4. The molecule has 0 saturated carbocycles. The number of thioether (sulfide) groups is 1. The molecule has 2 aromatic carbocycles. The van der Waals surface area contributed by atoms with E-state index in [-0.39, 0.29) is 16.7 Å². The van der Waals surface area contributed by atoms with Crippen molar-refractivity contribution in [3.63, 3.8) is 0 Å². The van der Waals surface area contributed by atoms with Crippen LogP contribution >= 0.6 is 11.8 Å². The van der Waals surface area contributed by atoms with E-state index in [2.05, 4.69) is 24.0 Å². The van der Waals surface area contributed by atoms with Crippen LogP contribution < -0.4 is 5.56 Å². The Morgan fingerprint density at radius 2 is 1.71 bits per heavy atom. The number of hydrogen-bond donors (Lipinski definition) is 0. The minimum Gasteiger partial charge on any atom is -0.341 e. The number of para-hydroxylation sites is 1. The highest BCUT2D eigenvalue weighted by molar-refractivity contribution is 8.00. The zero-order valence-electron chi connectivity index (χ0n) is 19.9. The summed E-state index contributed by atoms with van der Waals surface area (Å²) < 4.78 is 3.49. The summed E-state index contributed by atoms with van der Waals surface area (Å²) >= 11 is 1.39. The molecule has 0 N–H and O–H groups in total. The van der Waals surface area contributed by atoms with Gasteiger partial charge < -0.3 is 4.90 Å². The highest BCUT2D eigenvalue weighted by Crippen LogP contribution is 2.29. The Hall–Kier alpha value is -3.13. The molecule has 1 amide bonds. The maximum Gasteiger partial charge on any atom is 0.267 e. The molecular weight excluding hydrogens is 446 g/mol. The van der Waals surface area contributed by atoms with Gasteiger partial charge in [-0.1, -0.05) is 55.4 Å². The van der Waals surface area contributed by atoms with Crippen LogP contribution in [0.4, 0.5) is 0 Å². The third-order valence-electron chi connectivity index (χ3n) is 6.50. The van der Waals surface area contributed by atoms with Crippen molar-refractivity contribution < 1.29 is 4.79 Å². The fraction of sp³-hybridized carbons (Fsp3) is 0.385. The summed E-state index contributed by atoms with van der Waals surface area (Å²) in [5, 5.41) is 9.71. The molecule has 3 heterocycles. The average molecular weight is 476 g/mol. The minimum absolute atomic E-state index is 0.122. The Bertz CT molecular complexity index is 1420. The smallest absolute Gasteiger partial charge is 0.267 e. The number of piperidine rings is 1. The van der Waals surface area contributed by atoms with Crippen LogP contribution in [-0.2, 0) is 4.79 Å². The van der Waals surface area contributed by atoms with Crippen molar-refractivity contribution in [1.29, 1.82) is 0 Å². The van der Waals surface area contributed by atoms with E-state index in [4.69, 9.17) is 0 Å². The van der Waals surface area contributed by atoms with Crippen LogP contribution in [0.2, 0.25) is 0 Å². The summed E-state index contributed by atoms with van der Waals surface area (Å²) in [5.41, 5.74) is 2.44. The first-order valence-electron chi connectivity index (χ1n) is 11.7. The van der Waals surface area contributed by atoms with Gasteiger partial charge in [-0.3, -0.25) is 14.0 Å². The van der Waals surface area contributed by atoms with Gasteiger partial charge in [-0.2, -0.15) is 0 Å². The zero-order chi connectivity index (χ0) is 24.0. The second-order valence-electron chi connectivity index (χ2n) is 9.56. The number of amides is 1. The molecule has 0 radical (unpaired) electrons. The van der Waals surface area contributed by atoms with Gasteiger partial charge in [0.2, 0.25) is 11.7 Å².